The van der Waals surface area contributed by atoms with E-state index in [-0.39, 0.29) is 5.04 Å². The molecule has 2 aromatic rings. The molecular weight excluding hydrogens is 470 g/mol. The van der Waals surface area contributed by atoms with E-state index in [0.29, 0.717) is 6.42 Å². The number of morpholine rings is 1. The van der Waals surface area contributed by atoms with E-state index >= 15 is 0 Å². The number of esters is 1. The minimum Gasteiger partial charge on any atom is -0.456 e. The van der Waals surface area contributed by atoms with Gasteiger partial charge in [0.25, 0.3) is 8.32 Å². The molecule has 2 aliphatic rings. The molecule has 2 heterocycles. The van der Waals surface area contributed by atoms with E-state index < -0.39 is 50.3 Å². The normalized spacial score (nSPS) is 22.4. The molecule has 1 amide bonds. The van der Waals surface area contributed by atoms with Crippen LogP contribution in [0.4, 0.5) is 4.79 Å². The maximum Gasteiger partial charge on any atom is 0.411 e. The summed E-state index contributed by atoms with van der Waals surface area (Å²) in [5.41, 5.74) is -0.653. The minimum atomic E-state index is -2.91. The number of amides is 1. The van der Waals surface area contributed by atoms with Gasteiger partial charge in [0, 0.05) is 0 Å². The first-order valence-electron chi connectivity index (χ1n) is 12.5. The molecule has 0 aromatic heterocycles. The van der Waals surface area contributed by atoms with Crippen LogP contribution in [0.25, 0.3) is 0 Å². The topological polar surface area (TPSA) is 64.8 Å². The van der Waals surface area contributed by atoms with Gasteiger partial charge in [0.1, 0.15) is 11.6 Å². The molecule has 2 aromatic carbocycles. The summed E-state index contributed by atoms with van der Waals surface area (Å²) in [4.78, 5) is 27.1. The fourth-order valence-electron chi connectivity index (χ4n) is 5.29. The van der Waals surface area contributed by atoms with Gasteiger partial charge in [-0.05, 0) is 42.6 Å². The summed E-state index contributed by atoms with van der Waals surface area (Å²) in [5, 5.41) is 2.03. The van der Waals surface area contributed by atoms with E-state index in [1.54, 1.807) is 6.08 Å². The Bertz CT molecular complexity index is 1070. The fraction of sp³-hybridized carbons (Fsp3) is 0.448. The summed E-state index contributed by atoms with van der Waals surface area (Å²) in [7, 11) is -2.91. The van der Waals surface area contributed by atoms with Gasteiger partial charge in [-0.15, -0.1) is 6.58 Å². The third-order valence-corrected chi connectivity index (χ3v) is 11.9. The molecule has 6 nitrogen and oxygen atoms in total. The average Bonchev–Trinajstić information content (AvgIpc) is 3.47. The second-order valence-corrected chi connectivity index (χ2v) is 15.8. The van der Waals surface area contributed by atoms with Crippen molar-refractivity contribution in [3.63, 3.8) is 0 Å². The van der Waals surface area contributed by atoms with Gasteiger partial charge in [-0.25, -0.2) is 9.59 Å². The Labute approximate surface area is 215 Å². The molecular formula is C29H37NO5Si. The summed E-state index contributed by atoms with van der Waals surface area (Å²) >= 11 is 0. The molecule has 0 aliphatic carbocycles. The van der Waals surface area contributed by atoms with Crippen LogP contribution in [0.5, 0.6) is 0 Å². The van der Waals surface area contributed by atoms with Crippen LogP contribution in [0.1, 0.15) is 48.0 Å². The zero-order valence-electron chi connectivity index (χ0n) is 22.1. The maximum atomic E-state index is 12.8. The highest BCUT2D eigenvalue weighted by Crippen LogP contribution is 2.45. The summed E-state index contributed by atoms with van der Waals surface area (Å²) in [6.45, 7) is 16.0. The molecule has 4 atom stereocenters. The van der Waals surface area contributed by atoms with Crippen LogP contribution in [0.3, 0.4) is 0 Å². The lowest BCUT2D eigenvalue weighted by molar-refractivity contribution is -0.150. The zero-order chi connectivity index (χ0) is 26.3. The maximum absolute atomic E-state index is 12.8. The Morgan fingerprint density at radius 3 is 2.00 bits per heavy atom. The van der Waals surface area contributed by atoms with E-state index in [0.717, 1.165) is 10.4 Å². The first-order valence-corrected chi connectivity index (χ1v) is 14.4. The molecule has 0 bridgehead atoms. The Morgan fingerprint density at radius 2 is 1.56 bits per heavy atom. The number of carbonyl (C=O) groups excluding carboxylic acids is 2. The molecule has 4 rings (SSSR count). The number of fused-ring (bicyclic) bond motifs is 1. The highest BCUT2D eigenvalue weighted by molar-refractivity contribution is 6.99. The van der Waals surface area contributed by atoms with E-state index in [1.165, 1.54) is 4.90 Å². The third-order valence-electron chi connectivity index (χ3n) is 6.80. The second kappa shape index (κ2) is 9.52. The zero-order valence-corrected chi connectivity index (χ0v) is 23.1. The standard InChI is InChI=1S/C29H37NO5Si/c1-8-15-22(25-23-24(26(31)33-25)30(23)27(32)34-28(2,3)4)35-36(29(5,6)7,20-16-11-9-12-17-20)21-18-13-10-14-19-21/h8-14,16-19,22-25H,1,15H2,2-7H3/t22-,23-,24+,25+,30?/m0/s1. The SMILES string of the molecule is C=CC[C@H](O[Si](c1ccccc1)(c1ccccc1)C(C)(C)C)[C@H]1OC(=O)[C@H]2[C@@H]1N2C(=O)OC(C)(C)C. The fourth-order valence-corrected chi connectivity index (χ4v) is 9.99. The van der Waals surface area contributed by atoms with Crippen LogP contribution in [0, 0.1) is 0 Å². The van der Waals surface area contributed by atoms with Crippen LogP contribution in [-0.2, 0) is 18.7 Å². The average molecular weight is 508 g/mol. The van der Waals surface area contributed by atoms with E-state index in [4.69, 9.17) is 13.9 Å². The highest BCUT2D eigenvalue weighted by atomic mass is 28.4. The largest absolute Gasteiger partial charge is 0.456 e. The lowest BCUT2D eigenvalue weighted by Crippen LogP contribution is -2.68. The van der Waals surface area contributed by atoms with Crippen LogP contribution in [0.15, 0.2) is 73.3 Å². The number of hydrogen-bond donors (Lipinski definition) is 0. The number of hydrogen-bond acceptors (Lipinski definition) is 5. The quantitative estimate of drug-likeness (QED) is 0.240. The first-order chi connectivity index (χ1) is 16.9. The lowest BCUT2D eigenvalue weighted by atomic mass is 10.1. The summed E-state index contributed by atoms with van der Waals surface area (Å²) in [6.07, 6.45) is 0.703. The minimum absolute atomic E-state index is 0.244. The lowest BCUT2D eigenvalue weighted by Gasteiger charge is -2.46. The summed E-state index contributed by atoms with van der Waals surface area (Å²) in [5.74, 6) is -0.407. The van der Waals surface area contributed by atoms with Gasteiger partial charge in [0.15, 0.2) is 12.1 Å². The van der Waals surface area contributed by atoms with Crippen molar-refractivity contribution in [1.82, 2.24) is 4.90 Å². The monoisotopic (exact) mass is 507 g/mol. The number of nitrogens with zero attached hydrogens (tertiary/aromatic N) is 1. The van der Waals surface area contributed by atoms with Crippen LogP contribution < -0.4 is 10.4 Å². The number of benzene rings is 2. The van der Waals surface area contributed by atoms with Gasteiger partial charge in [-0.2, -0.15) is 0 Å². The van der Waals surface area contributed by atoms with Crippen LogP contribution in [-0.4, -0.2) is 55.2 Å². The molecule has 2 fully saturated rings. The Kier molecular flexibility index (Phi) is 6.92. The Morgan fingerprint density at radius 1 is 1.03 bits per heavy atom. The first kappa shape index (κ1) is 26.2. The Balaban J connectivity index is 1.75. The number of cyclic esters (lactones) is 1. The van der Waals surface area contributed by atoms with E-state index in [1.807, 2.05) is 57.2 Å². The van der Waals surface area contributed by atoms with Crippen molar-refractivity contribution in [2.24, 2.45) is 0 Å². The molecule has 192 valence electrons. The van der Waals surface area contributed by atoms with Gasteiger partial charge in [-0.1, -0.05) is 87.5 Å². The van der Waals surface area contributed by atoms with E-state index in [9.17, 15) is 9.59 Å². The summed E-state index contributed by atoms with van der Waals surface area (Å²) in [6, 6.07) is 19.6. The molecule has 0 radical (unpaired) electrons. The van der Waals surface area contributed by atoms with Crippen molar-refractivity contribution in [2.75, 3.05) is 0 Å². The molecule has 36 heavy (non-hydrogen) atoms. The molecule has 0 spiro atoms. The van der Waals surface area contributed by atoms with E-state index in [2.05, 4.69) is 51.6 Å². The molecule has 2 aliphatic heterocycles. The number of rotatable bonds is 7. The smallest absolute Gasteiger partial charge is 0.411 e. The van der Waals surface area contributed by atoms with Crippen molar-refractivity contribution in [3.05, 3.63) is 73.3 Å². The number of ether oxygens (including phenoxy) is 2. The van der Waals surface area contributed by atoms with Gasteiger partial charge >= 0.3 is 12.1 Å². The predicted octanol–water partition coefficient (Wildman–Crippen LogP) is 4.42. The van der Waals surface area contributed by atoms with Crippen molar-refractivity contribution >= 4 is 30.8 Å². The van der Waals surface area contributed by atoms with Crippen molar-refractivity contribution < 1.29 is 23.5 Å². The van der Waals surface area contributed by atoms with Crippen LogP contribution in [0.2, 0.25) is 5.04 Å². The van der Waals surface area contributed by atoms with Gasteiger partial charge in [0.05, 0.1) is 6.10 Å². The van der Waals surface area contributed by atoms with Gasteiger partial charge in [-0.3, -0.25) is 4.90 Å². The van der Waals surface area contributed by atoms with Gasteiger partial charge in [0.2, 0.25) is 0 Å². The molecule has 0 saturated carbocycles. The predicted molar refractivity (Wildman–Crippen MR) is 143 cm³/mol. The molecule has 7 heteroatoms. The van der Waals surface area contributed by atoms with Crippen molar-refractivity contribution in [1.29, 1.82) is 0 Å². The molecule has 2 saturated heterocycles. The van der Waals surface area contributed by atoms with Crippen molar-refractivity contribution in [3.8, 4) is 0 Å². The van der Waals surface area contributed by atoms with Gasteiger partial charge < -0.3 is 13.9 Å². The van der Waals surface area contributed by atoms with Crippen LogP contribution >= 0.6 is 0 Å². The highest BCUT2D eigenvalue weighted by Gasteiger charge is 2.69. The second-order valence-electron chi connectivity index (χ2n) is 11.6. The van der Waals surface area contributed by atoms with Crippen molar-refractivity contribution in [2.45, 2.75) is 82.9 Å². The number of carbonyl (C=O) groups is 2. The summed E-state index contributed by atoms with van der Waals surface area (Å²) < 4.78 is 18.7. The molecule has 0 N–H and O–H groups in total. The molecule has 0 unspecified atom stereocenters. The Hall–Kier alpha value is -2.90. The third kappa shape index (κ3) is 4.74.